The average molecular weight is 288 g/mol. The Hall–Kier alpha value is -0.560. The van der Waals surface area contributed by atoms with E-state index in [-0.39, 0.29) is 5.13 Å². The van der Waals surface area contributed by atoms with Crippen LogP contribution in [0.2, 0.25) is 0 Å². The molecule has 0 radical (unpaired) electrons. The third-order valence-corrected chi connectivity index (χ3v) is 3.29. The van der Waals surface area contributed by atoms with E-state index in [2.05, 4.69) is 14.7 Å². The Morgan fingerprint density at radius 3 is 2.71 bits per heavy atom. The summed E-state index contributed by atoms with van der Waals surface area (Å²) in [5, 5.41) is 3.02. The second kappa shape index (κ2) is 6.39. The molecule has 1 aromatic rings. The van der Waals surface area contributed by atoms with Crippen LogP contribution in [0, 0.1) is 5.92 Å². The van der Waals surface area contributed by atoms with E-state index >= 15 is 0 Å². The summed E-state index contributed by atoms with van der Waals surface area (Å²) in [5.41, 5.74) is 0. The molecule has 0 bridgehead atoms. The van der Waals surface area contributed by atoms with Gasteiger partial charge in [0.25, 0.3) is 0 Å². The Morgan fingerprint density at radius 1 is 1.47 bits per heavy atom. The maximum absolute atomic E-state index is 12.2. The molecule has 8 heteroatoms. The summed E-state index contributed by atoms with van der Waals surface area (Å²) >= 11 is 6.36. The highest BCUT2D eigenvalue weighted by atomic mass is 35.5. The van der Waals surface area contributed by atoms with Crippen molar-refractivity contribution in [3.05, 3.63) is 5.82 Å². The lowest BCUT2D eigenvalue weighted by molar-refractivity contribution is -0.144. The van der Waals surface area contributed by atoms with Crippen molar-refractivity contribution >= 4 is 28.3 Å². The van der Waals surface area contributed by atoms with Gasteiger partial charge in [-0.15, -0.1) is 11.6 Å². The van der Waals surface area contributed by atoms with E-state index in [1.54, 1.807) is 0 Å². The van der Waals surface area contributed by atoms with Crippen molar-refractivity contribution in [2.45, 2.75) is 25.9 Å². The van der Waals surface area contributed by atoms with E-state index in [1.807, 2.05) is 6.92 Å². The standard InChI is InChI=1S/C9H13ClF3N3S/c1-6(5-10)3-2-4-14-8-15-7(16-17-8)9(11,12)13/h6H,2-5H2,1H3,(H,14,15,16). The summed E-state index contributed by atoms with van der Waals surface area (Å²) in [6.07, 6.45) is -2.69. The van der Waals surface area contributed by atoms with Gasteiger partial charge in [-0.3, -0.25) is 0 Å². The van der Waals surface area contributed by atoms with Gasteiger partial charge in [0, 0.05) is 24.0 Å². The number of rotatable bonds is 6. The van der Waals surface area contributed by atoms with Gasteiger partial charge in [0.1, 0.15) is 0 Å². The summed E-state index contributed by atoms with van der Waals surface area (Å²) in [6.45, 7) is 2.60. The van der Waals surface area contributed by atoms with Crippen LogP contribution in [0.1, 0.15) is 25.6 Å². The average Bonchev–Trinajstić information content (AvgIpc) is 2.72. The monoisotopic (exact) mass is 287 g/mol. The molecule has 3 nitrogen and oxygen atoms in total. The number of nitrogens with one attached hydrogen (secondary N) is 1. The molecular weight excluding hydrogens is 275 g/mol. The highest BCUT2D eigenvalue weighted by molar-refractivity contribution is 7.09. The number of hydrogen-bond donors (Lipinski definition) is 1. The SMILES string of the molecule is CC(CCl)CCCNc1nc(C(F)(F)F)ns1. The quantitative estimate of drug-likeness (QED) is 0.641. The largest absolute Gasteiger partial charge is 0.452 e. The van der Waals surface area contributed by atoms with Gasteiger partial charge in [0.05, 0.1) is 0 Å². The Labute approximate surface area is 107 Å². The van der Waals surface area contributed by atoms with Crippen LogP contribution in [-0.2, 0) is 6.18 Å². The lowest BCUT2D eigenvalue weighted by Gasteiger charge is -2.06. The van der Waals surface area contributed by atoms with Gasteiger partial charge in [-0.1, -0.05) is 6.92 Å². The van der Waals surface area contributed by atoms with Crippen LogP contribution in [-0.4, -0.2) is 21.8 Å². The molecule has 0 aromatic carbocycles. The number of hydrogen-bond acceptors (Lipinski definition) is 4. The number of anilines is 1. The van der Waals surface area contributed by atoms with Crippen LogP contribution < -0.4 is 5.32 Å². The van der Waals surface area contributed by atoms with Gasteiger partial charge < -0.3 is 5.32 Å². The molecule has 1 atom stereocenters. The molecule has 1 rings (SSSR count). The van der Waals surface area contributed by atoms with Crippen molar-refractivity contribution in [1.29, 1.82) is 0 Å². The first kappa shape index (κ1) is 14.5. The fourth-order valence-electron chi connectivity index (χ4n) is 1.13. The van der Waals surface area contributed by atoms with E-state index < -0.39 is 12.0 Å². The van der Waals surface area contributed by atoms with Gasteiger partial charge in [-0.05, 0) is 18.8 Å². The van der Waals surface area contributed by atoms with Gasteiger partial charge in [-0.2, -0.15) is 22.5 Å². The van der Waals surface area contributed by atoms with E-state index in [0.29, 0.717) is 18.3 Å². The summed E-state index contributed by atoms with van der Waals surface area (Å²) in [7, 11) is 0. The molecule has 0 amide bonds. The molecule has 0 saturated heterocycles. The molecule has 0 fully saturated rings. The fraction of sp³-hybridized carbons (Fsp3) is 0.778. The summed E-state index contributed by atoms with van der Waals surface area (Å²) in [5.74, 6) is -0.0745. The number of alkyl halides is 4. The number of halogens is 4. The molecular formula is C9H13ClF3N3S. The van der Waals surface area contributed by atoms with Gasteiger partial charge in [-0.25, -0.2) is 0 Å². The highest BCUT2D eigenvalue weighted by Crippen LogP contribution is 2.28. The first-order valence-electron chi connectivity index (χ1n) is 5.14. The van der Waals surface area contributed by atoms with Gasteiger partial charge in [0.15, 0.2) is 0 Å². The van der Waals surface area contributed by atoms with Crippen molar-refractivity contribution in [1.82, 2.24) is 9.36 Å². The number of aromatic nitrogens is 2. The van der Waals surface area contributed by atoms with Crippen molar-refractivity contribution in [3.8, 4) is 0 Å². The second-order valence-electron chi connectivity index (χ2n) is 3.75. The minimum atomic E-state index is -4.47. The highest BCUT2D eigenvalue weighted by Gasteiger charge is 2.36. The zero-order valence-corrected chi connectivity index (χ0v) is 10.8. The predicted octanol–water partition coefficient (Wildman–Crippen LogP) is 3.62. The molecule has 0 aliphatic heterocycles. The Morgan fingerprint density at radius 2 is 2.18 bits per heavy atom. The molecule has 1 N–H and O–H groups in total. The zero-order valence-electron chi connectivity index (χ0n) is 9.22. The summed E-state index contributed by atoms with van der Waals surface area (Å²) in [4.78, 5) is 3.36. The molecule has 17 heavy (non-hydrogen) atoms. The van der Waals surface area contributed by atoms with E-state index in [1.165, 1.54) is 0 Å². The topological polar surface area (TPSA) is 37.8 Å². The van der Waals surface area contributed by atoms with E-state index in [0.717, 1.165) is 24.4 Å². The Balaban J connectivity index is 2.31. The van der Waals surface area contributed by atoms with Crippen LogP contribution in [0.3, 0.4) is 0 Å². The molecule has 0 saturated carbocycles. The second-order valence-corrected chi connectivity index (χ2v) is 4.81. The van der Waals surface area contributed by atoms with Gasteiger partial charge in [0.2, 0.25) is 11.0 Å². The minimum absolute atomic E-state index is 0.204. The maximum Gasteiger partial charge on any atom is 0.452 e. The summed E-state index contributed by atoms with van der Waals surface area (Å²) < 4.78 is 39.8. The molecule has 0 spiro atoms. The zero-order chi connectivity index (χ0) is 12.9. The van der Waals surface area contributed by atoms with Crippen LogP contribution in [0.25, 0.3) is 0 Å². The smallest absolute Gasteiger partial charge is 0.360 e. The summed E-state index contributed by atoms with van der Waals surface area (Å²) in [6, 6.07) is 0. The minimum Gasteiger partial charge on any atom is -0.360 e. The maximum atomic E-state index is 12.2. The van der Waals surface area contributed by atoms with Crippen molar-refractivity contribution in [2.75, 3.05) is 17.7 Å². The lowest BCUT2D eigenvalue weighted by Crippen LogP contribution is -2.08. The normalized spacial score (nSPS) is 13.7. The van der Waals surface area contributed by atoms with Crippen molar-refractivity contribution in [3.63, 3.8) is 0 Å². The Bertz CT molecular complexity index is 342. The molecule has 1 heterocycles. The van der Waals surface area contributed by atoms with Crippen LogP contribution in [0.15, 0.2) is 0 Å². The first-order chi connectivity index (χ1) is 7.93. The molecule has 0 aliphatic rings. The van der Waals surface area contributed by atoms with Crippen LogP contribution >= 0.6 is 23.1 Å². The lowest BCUT2D eigenvalue weighted by atomic mass is 10.1. The Kier molecular flexibility index (Phi) is 5.45. The third-order valence-electron chi connectivity index (χ3n) is 2.09. The van der Waals surface area contributed by atoms with Crippen molar-refractivity contribution in [2.24, 2.45) is 5.92 Å². The molecule has 1 unspecified atom stereocenters. The fourth-order valence-corrected chi connectivity index (χ4v) is 1.90. The van der Waals surface area contributed by atoms with Gasteiger partial charge >= 0.3 is 6.18 Å². The molecule has 98 valence electrons. The van der Waals surface area contributed by atoms with Crippen LogP contribution in [0.4, 0.5) is 18.3 Å². The third kappa shape index (κ3) is 5.08. The van der Waals surface area contributed by atoms with E-state index in [4.69, 9.17) is 11.6 Å². The van der Waals surface area contributed by atoms with E-state index in [9.17, 15) is 13.2 Å². The predicted molar refractivity (Wildman–Crippen MR) is 62.5 cm³/mol. The van der Waals surface area contributed by atoms with Crippen LogP contribution in [0.5, 0.6) is 0 Å². The molecule has 1 aromatic heterocycles. The van der Waals surface area contributed by atoms with Crippen molar-refractivity contribution < 1.29 is 13.2 Å². The molecule has 0 aliphatic carbocycles. The number of nitrogens with zero attached hydrogens (tertiary/aromatic N) is 2. The first-order valence-corrected chi connectivity index (χ1v) is 6.45.